The Kier molecular flexibility index (Phi) is 14.1. The molecule has 0 aromatic carbocycles. The molecular formula is C22H38O6. The van der Waals surface area contributed by atoms with Crippen molar-refractivity contribution in [3.8, 4) is 0 Å². The smallest absolute Gasteiger partial charge is 0.330 e. The van der Waals surface area contributed by atoms with Crippen molar-refractivity contribution in [3.63, 3.8) is 0 Å². The summed E-state index contributed by atoms with van der Waals surface area (Å²) in [7, 11) is 0. The number of carboxylic acids is 2. The number of carboxylic acid groups (broad SMARTS) is 2. The van der Waals surface area contributed by atoms with Crippen LogP contribution in [0.1, 0.15) is 85.0 Å². The second-order valence-corrected chi connectivity index (χ2v) is 7.97. The largest absolute Gasteiger partial charge is 0.481 e. The quantitative estimate of drug-likeness (QED) is 0.286. The molecule has 0 aromatic heterocycles. The third-order valence-corrected chi connectivity index (χ3v) is 4.99. The number of rotatable bonds is 11. The Morgan fingerprint density at radius 2 is 1.57 bits per heavy atom. The molecule has 1 saturated carbocycles. The molecule has 28 heavy (non-hydrogen) atoms. The molecule has 6 nitrogen and oxygen atoms in total. The fourth-order valence-corrected chi connectivity index (χ4v) is 3.36. The normalized spacial score (nSPS) is 19.9. The van der Waals surface area contributed by atoms with Gasteiger partial charge in [-0.25, -0.2) is 4.79 Å². The van der Waals surface area contributed by atoms with Gasteiger partial charge < -0.3 is 14.9 Å². The Morgan fingerprint density at radius 1 is 1.04 bits per heavy atom. The van der Waals surface area contributed by atoms with Crippen molar-refractivity contribution in [2.75, 3.05) is 0 Å². The van der Waals surface area contributed by atoms with E-state index in [1.54, 1.807) is 0 Å². The van der Waals surface area contributed by atoms with Crippen molar-refractivity contribution in [2.24, 2.45) is 17.8 Å². The first-order chi connectivity index (χ1) is 13.2. The molecule has 0 saturated heterocycles. The Labute approximate surface area is 169 Å². The van der Waals surface area contributed by atoms with E-state index in [2.05, 4.69) is 27.4 Å². The van der Waals surface area contributed by atoms with Crippen LogP contribution in [0.5, 0.6) is 0 Å². The van der Waals surface area contributed by atoms with Gasteiger partial charge in [0.05, 0.1) is 11.8 Å². The van der Waals surface area contributed by atoms with Crippen LogP contribution in [0.15, 0.2) is 12.7 Å². The molecular weight excluding hydrogens is 360 g/mol. The maximum absolute atomic E-state index is 11.1. The lowest BCUT2D eigenvalue weighted by molar-refractivity contribution is -0.148. The Bertz CT molecular complexity index is 465. The van der Waals surface area contributed by atoms with Crippen LogP contribution in [-0.4, -0.2) is 34.2 Å². The summed E-state index contributed by atoms with van der Waals surface area (Å²) in [4.78, 5) is 32.2. The van der Waals surface area contributed by atoms with Gasteiger partial charge in [-0.2, -0.15) is 0 Å². The van der Waals surface area contributed by atoms with Gasteiger partial charge in [-0.05, 0) is 44.4 Å². The average Bonchev–Trinajstić information content (AvgIpc) is 2.65. The summed E-state index contributed by atoms with van der Waals surface area (Å²) in [5.41, 5.74) is 0. The van der Waals surface area contributed by atoms with Gasteiger partial charge in [0.1, 0.15) is 6.10 Å². The molecule has 0 aliphatic heterocycles. The third kappa shape index (κ3) is 12.5. The lowest BCUT2D eigenvalue weighted by atomic mass is 9.81. The molecule has 3 unspecified atom stereocenters. The maximum Gasteiger partial charge on any atom is 0.330 e. The molecule has 3 atom stereocenters. The van der Waals surface area contributed by atoms with Crippen molar-refractivity contribution in [3.05, 3.63) is 12.7 Å². The second-order valence-electron chi connectivity index (χ2n) is 7.97. The lowest BCUT2D eigenvalue weighted by Gasteiger charge is -2.23. The molecule has 0 aromatic rings. The number of esters is 1. The Balaban J connectivity index is 0.000000540. The van der Waals surface area contributed by atoms with Crippen molar-refractivity contribution in [1.29, 1.82) is 0 Å². The molecule has 0 heterocycles. The van der Waals surface area contributed by atoms with Gasteiger partial charge in [-0.15, -0.1) is 0 Å². The highest BCUT2D eigenvalue weighted by Gasteiger charge is 2.30. The fourth-order valence-electron chi connectivity index (χ4n) is 3.36. The van der Waals surface area contributed by atoms with Gasteiger partial charge in [-0.3, -0.25) is 9.59 Å². The van der Waals surface area contributed by atoms with Crippen LogP contribution in [0.25, 0.3) is 0 Å². The van der Waals surface area contributed by atoms with E-state index in [9.17, 15) is 14.4 Å². The monoisotopic (exact) mass is 398 g/mol. The summed E-state index contributed by atoms with van der Waals surface area (Å²) in [5, 5.41) is 17.3. The molecule has 162 valence electrons. The molecule has 0 spiro atoms. The summed E-state index contributed by atoms with van der Waals surface area (Å²) < 4.78 is 5.29. The first-order valence-electron chi connectivity index (χ1n) is 10.5. The van der Waals surface area contributed by atoms with E-state index in [1.807, 2.05) is 0 Å². The predicted octanol–water partition coefficient (Wildman–Crippen LogP) is 5.06. The third-order valence-electron chi connectivity index (χ3n) is 4.99. The van der Waals surface area contributed by atoms with Gasteiger partial charge in [0.2, 0.25) is 0 Å². The van der Waals surface area contributed by atoms with E-state index in [-0.39, 0.29) is 12.1 Å². The van der Waals surface area contributed by atoms with Crippen LogP contribution < -0.4 is 0 Å². The summed E-state index contributed by atoms with van der Waals surface area (Å²) in [6.45, 7) is 10.0. The van der Waals surface area contributed by atoms with Gasteiger partial charge in [-0.1, -0.05) is 53.0 Å². The van der Waals surface area contributed by atoms with Crippen molar-refractivity contribution in [2.45, 2.75) is 91.1 Å². The molecule has 1 aliphatic carbocycles. The minimum atomic E-state index is -0.860. The number of hydrogen-bond acceptors (Lipinski definition) is 4. The van der Waals surface area contributed by atoms with Gasteiger partial charge in [0.15, 0.2) is 0 Å². The van der Waals surface area contributed by atoms with Crippen LogP contribution in [-0.2, 0) is 19.1 Å². The topological polar surface area (TPSA) is 101 Å². The van der Waals surface area contributed by atoms with Crippen molar-refractivity contribution >= 4 is 17.9 Å². The van der Waals surface area contributed by atoms with Crippen LogP contribution >= 0.6 is 0 Å². The molecule has 6 heteroatoms. The van der Waals surface area contributed by atoms with Crippen LogP contribution in [0.3, 0.4) is 0 Å². The Morgan fingerprint density at radius 3 is 2.00 bits per heavy atom. The van der Waals surface area contributed by atoms with E-state index < -0.39 is 23.8 Å². The molecule has 0 radical (unpaired) electrons. The van der Waals surface area contributed by atoms with E-state index in [4.69, 9.17) is 14.9 Å². The highest BCUT2D eigenvalue weighted by atomic mass is 16.5. The summed E-state index contributed by atoms with van der Waals surface area (Å²) in [6, 6.07) is 0. The summed E-state index contributed by atoms with van der Waals surface area (Å²) >= 11 is 0. The molecule has 1 aliphatic rings. The number of unbranched alkanes of at least 4 members (excludes halogenated alkanes) is 1. The van der Waals surface area contributed by atoms with Gasteiger partial charge >= 0.3 is 17.9 Å². The number of carbonyl (C=O) groups is 3. The zero-order chi connectivity index (χ0) is 21.5. The fraction of sp³-hybridized carbons (Fsp3) is 0.773. The van der Waals surface area contributed by atoms with Crippen LogP contribution in [0.4, 0.5) is 0 Å². The van der Waals surface area contributed by atoms with E-state index in [1.165, 1.54) is 18.9 Å². The molecule has 0 bridgehead atoms. The van der Waals surface area contributed by atoms with E-state index >= 15 is 0 Å². The number of hydrogen-bond donors (Lipinski definition) is 2. The SMILES string of the molecule is C=CC(=O)OC(CCC)CCCCC(C)C.O=C(O)C1CCCC(C(=O)O)C1. The second kappa shape index (κ2) is 15.1. The zero-order valence-corrected chi connectivity index (χ0v) is 17.7. The number of ether oxygens (including phenoxy) is 1. The molecule has 2 N–H and O–H groups in total. The van der Waals surface area contributed by atoms with Crippen molar-refractivity contribution < 1.29 is 29.3 Å². The zero-order valence-electron chi connectivity index (χ0n) is 17.7. The highest BCUT2D eigenvalue weighted by Crippen LogP contribution is 2.29. The Hall–Kier alpha value is -1.85. The highest BCUT2D eigenvalue weighted by molar-refractivity contribution is 5.81. The number of aliphatic carboxylic acids is 2. The predicted molar refractivity (Wildman–Crippen MR) is 109 cm³/mol. The van der Waals surface area contributed by atoms with Crippen LogP contribution in [0, 0.1) is 17.8 Å². The van der Waals surface area contributed by atoms with E-state index in [0.717, 1.165) is 31.6 Å². The van der Waals surface area contributed by atoms with Gasteiger partial charge in [0.25, 0.3) is 0 Å². The summed E-state index contributed by atoms with van der Waals surface area (Å²) in [6.07, 6.45) is 10.2. The van der Waals surface area contributed by atoms with E-state index in [0.29, 0.717) is 25.7 Å². The van der Waals surface area contributed by atoms with Gasteiger partial charge in [0, 0.05) is 6.08 Å². The first-order valence-corrected chi connectivity index (χ1v) is 10.5. The summed E-state index contributed by atoms with van der Waals surface area (Å²) in [5.74, 6) is -2.13. The van der Waals surface area contributed by atoms with Crippen molar-refractivity contribution in [1.82, 2.24) is 0 Å². The van der Waals surface area contributed by atoms with Crippen LogP contribution in [0.2, 0.25) is 0 Å². The molecule has 1 rings (SSSR count). The lowest BCUT2D eigenvalue weighted by Crippen LogP contribution is -2.26. The minimum absolute atomic E-state index is 0.0858. The molecule has 1 fully saturated rings. The minimum Gasteiger partial charge on any atom is -0.481 e. The standard InChI is InChI=1S/C14H26O2.C8H12O4/c1-5-9-13(16-14(15)6-2)11-8-7-10-12(3)4;9-7(10)5-2-1-3-6(4-5)8(11)12/h6,12-13H,2,5,7-11H2,1,3-4H3;5-6H,1-4H2,(H,9,10)(H,11,12). The number of carbonyl (C=O) groups excluding carboxylic acids is 1. The molecule has 0 amide bonds. The average molecular weight is 399 g/mol. The first kappa shape index (κ1) is 26.1. The maximum atomic E-state index is 11.1.